The van der Waals surface area contributed by atoms with Gasteiger partial charge in [0.1, 0.15) is 4.90 Å². The Kier molecular flexibility index (Phi) is 3.82. The second-order valence-electron chi connectivity index (χ2n) is 3.91. The zero-order valence-electron chi connectivity index (χ0n) is 9.98. The Bertz CT molecular complexity index is 681. The summed E-state index contributed by atoms with van der Waals surface area (Å²) >= 11 is 0. The van der Waals surface area contributed by atoms with Crippen LogP contribution in [0.4, 0.5) is 13.2 Å². The third-order valence-corrected chi connectivity index (χ3v) is 3.93. The monoisotopic (exact) mass is 305 g/mol. The van der Waals surface area contributed by atoms with Crippen molar-refractivity contribution >= 4 is 10.0 Å². The van der Waals surface area contributed by atoms with E-state index in [2.05, 4.69) is 14.9 Å². The molecule has 0 aliphatic heterocycles. The molecule has 0 unspecified atom stereocenters. The SMILES string of the molecule is O=S(=O)(NCc1ccccc1C(F)(F)F)c1cn[nH]c1. The minimum absolute atomic E-state index is 0.137. The molecule has 0 fully saturated rings. The molecule has 0 bridgehead atoms. The number of aromatic amines is 1. The maximum atomic E-state index is 12.7. The van der Waals surface area contributed by atoms with Gasteiger partial charge in [-0.15, -0.1) is 0 Å². The van der Waals surface area contributed by atoms with Crippen molar-refractivity contribution in [1.82, 2.24) is 14.9 Å². The van der Waals surface area contributed by atoms with Crippen molar-refractivity contribution in [3.05, 3.63) is 47.8 Å². The van der Waals surface area contributed by atoms with Gasteiger partial charge in [0.15, 0.2) is 0 Å². The summed E-state index contributed by atoms with van der Waals surface area (Å²) in [5, 5.41) is 5.80. The van der Waals surface area contributed by atoms with E-state index in [4.69, 9.17) is 0 Å². The molecular weight excluding hydrogens is 295 g/mol. The van der Waals surface area contributed by atoms with Crippen molar-refractivity contribution in [2.24, 2.45) is 0 Å². The number of rotatable bonds is 4. The van der Waals surface area contributed by atoms with Crippen LogP contribution in [0.1, 0.15) is 11.1 Å². The van der Waals surface area contributed by atoms with Crippen molar-refractivity contribution in [3.63, 3.8) is 0 Å². The fourth-order valence-electron chi connectivity index (χ4n) is 1.59. The van der Waals surface area contributed by atoms with E-state index in [0.29, 0.717) is 0 Å². The van der Waals surface area contributed by atoms with Crippen molar-refractivity contribution in [2.75, 3.05) is 0 Å². The lowest BCUT2D eigenvalue weighted by Gasteiger charge is -2.13. The molecule has 0 aliphatic rings. The van der Waals surface area contributed by atoms with Gasteiger partial charge >= 0.3 is 6.18 Å². The Balaban J connectivity index is 2.21. The van der Waals surface area contributed by atoms with E-state index in [1.165, 1.54) is 18.2 Å². The molecule has 20 heavy (non-hydrogen) atoms. The molecule has 1 aromatic carbocycles. The molecule has 0 radical (unpaired) electrons. The van der Waals surface area contributed by atoms with Crippen LogP contribution in [0.25, 0.3) is 0 Å². The average molecular weight is 305 g/mol. The largest absolute Gasteiger partial charge is 0.416 e. The van der Waals surface area contributed by atoms with Gasteiger partial charge in [0, 0.05) is 12.7 Å². The van der Waals surface area contributed by atoms with E-state index in [-0.39, 0.29) is 10.5 Å². The number of nitrogens with zero attached hydrogens (tertiary/aromatic N) is 1. The lowest BCUT2D eigenvalue weighted by atomic mass is 10.1. The van der Waals surface area contributed by atoms with Crippen LogP contribution < -0.4 is 4.72 Å². The van der Waals surface area contributed by atoms with Crippen LogP contribution in [0.5, 0.6) is 0 Å². The Morgan fingerprint density at radius 3 is 2.55 bits per heavy atom. The van der Waals surface area contributed by atoms with Gasteiger partial charge in [0.25, 0.3) is 0 Å². The van der Waals surface area contributed by atoms with E-state index < -0.39 is 28.3 Å². The maximum absolute atomic E-state index is 12.7. The summed E-state index contributed by atoms with van der Waals surface area (Å²) in [4.78, 5) is -0.137. The first-order chi connectivity index (χ1) is 9.31. The van der Waals surface area contributed by atoms with Gasteiger partial charge in [-0.05, 0) is 11.6 Å². The number of alkyl halides is 3. The summed E-state index contributed by atoms with van der Waals surface area (Å²) < 4.78 is 63.9. The lowest BCUT2D eigenvalue weighted by molar-refractivity contribution is -0.138. The summed E-state index contributed by atoms with van der Waals surface area (Å²) in [6, 6.07) is 4.79. The fraction of sp³-hybridized carbons (Fsp3) is 0.182. The van der Waals surface area contributed by atoms with Crippen LogP contribution in [0.15, 0.2) is 41.6 Å². The van der Waals surface area contributed by atoms with E-state index in [0.717, 1.165) is 18.5 Å². The molecule has 2 aromatic rings. The molecule has 2 N–H and O–H groups in total. The molecule has 1 heterocycles. The maximum Gasteiger partial charge on any atom is 0.416 e. The van der Waals surface area contributed by atoms with Gasteiger partial charge in [0.05, 0.1) is 11.8 Å². The molecule has 108 valence electrons. The van der Waals surface area contributed by atoms with E-state index in [1.54, 1.807) is 0 Å². The molecule has 0 spiro atoms. The summed E-state index contributed by atoms with van der Waals surface area (Å²) in [5.41, 5.74) is -1.01. The van der Waals surface area contributed by atoms with Crippen LogP contribution in [0.2, 0.25) is 0 Å². The summed E-state index contributed by atoms with van der Waals surface area (Å²) in [7, 11) is -3.89. The van der Waals surface area contributed by atoms with Crippen LogP contribution in [0.3, 0.4) is 0 Å². The summed E-state index contributed by atoms with van der Waals surface area (Å²) in [6.07, 6.45) is -2.33. The Morgan fingerprint density at radius 1 is 1.25 bits per heavy atom. The predicted octanol–water partition coefficient (Wildman–Crippen LogP) is 1.91. The molecule has 0 aliphatic carbocycles. The Morgan fingerprint density at radius 2 is 1.95 bits per heavy atom. The molecule has 2 rings (SSSR count). The number of hydrogen-bond acceptors (Lipinski definition) is 3. The fourth-order valence-corrected chi connectivity index (χ4v) is 2.50. The summed E-state index contributed by atoms with van der Waals surface area (Å²) in [5.74, 6) is 0. The first-order valence-electron chi connectivity index (χ1n) is 5.44. The van der Waals surface area contributed by atoms with Crippen LogP contribution in [0, 0.1) is 0 Å². The molecule has 0 saturated heterocycles. The van der Waals surface area contributed by atoms with Gasteiger partial charge in [-0.2, -0.15) is 18.3 Å². The molecule has 9 heteroatoms. The van der Waals surface area contributed by atoms with Gasteiger partial charge in [-0.25, -0.2) is 13.1 Å². The molecule has 5 nitrogen and oxygen atoms in total. The highest BCUT2D eigenvalue weighted by molar-refractivity contribution is 7.89. The van der Waals surface area contributed by atoms with Gasteiger partial charge in [-0.3, -0.25) is 5.10 Å². The number of sulfonamides is 1. The summed E-state index contributed by atoms with van der Waals surface area (Å²) in [6.45, 7) is -0.455. The quantitative estimate of drug-likeness (QED) is 0.906. The number of nitrogens with one attached hydrogen (secondary N) is 2. The second-order valence-corrected chi connectivity index (χ2v) is 5.68. The normalized spacial score (nSPS) is 12.6. The number of aromatic nitrogens is 2. The zero-order valence-corrected chi connectivity index (χ0v) is 10.8. The Labute approximate surface area is 112 Å². The zero-order chi connectivity index (χ0) is 14.8. The van der Waals surface area contributed by atoms with Crippen molar-refractivity contribution in [1.29, 1.82) is 0 Å². The van der Waals surface area contributed by atoms with Crippen molar-refractivity contribution in [3.8, 4) is 0 Å². The Hall–Kier alpha value is -1.87. The first-order valence-corrected chi connectivity index (χ1v) is 6.92. The van der Waals surface area contributed by atoms with Gasteiger partial charge in [0.2, 0.25) is 10.0 Å². The lowest BCUT2D eigenvalue weighted by Crippen LogP contribution is -2.24. The molecule has 1 aromatic heterocycles. The molecule has 0 atom stereocenters. The standard InChI is InChI=1S/C11H10F3N3O2S/c12-11(13,14)10-4-2-1-3-8(10)5-17-20(18,19)9-6-15-16-7-9/h1-4,6-7,17H,5H2,(H,15,16). The number of hydrogen-bond donors (Lipinski definition) is 2. The highest BCUT2D eigenvalue weighted by Crippen LogP contribution is 2.31. The first kappa shape index (κ1) is 14.5. The van der Waals surface area contributed by atoms with Gasteiger partial charge < -0.3 is 0 Å². The topological polar surface area (TPSA) is 74.8 Å². The van der Waals surface area contributed by atoms with E-state index in [1.807, 2.05) is 0 Å². The minimum Gasteiger partial charge on any atom is -0.284 e. The van der Waals surface area contributed by atoms with Crippen LogP contribution >= 0.6 is 0 Å². The minimum atomic E-state index is -4.53. The van der Waals surface area contributed by atoms with Crippen LogP contribution in [-0.4, -0.2) is 18.6 Å². The molecule has 0 amide bonds. The number of H-pyrrole nitrogens is 1. The smallest absolute Gasteiger partial charge is 0.284 e. The van der Waals surface area contributed by atoms with E-state index in [9.17, 15) is 21.6 Å². The molecular formula is C11H10F3N3O2S. The third-order valence-electron chi connectivity index (χ3n) is 2.56. The highest BCUT2D eigenvalue weighted by Gasteiger charge is 2.33. The number of benzene rings is 1. The van der Waals surface area contributed by atoms with Gasteiger partial charge in [-0.1, -0.05) is 18.2 Å². The average Bonchev–Trinajstić information content (AvgIpc) is 2.90. The van der Waals surface area contributed by atoms with Crippen LogP contribution in [-0.2, 0) is 22.7 Å². The second kappa shape index (κ2) is 5.25. The van der Waals surface area contributed by atoms with E-state index >= 15 is 0 Å². The van der Waals surface area contributed by atoms with Crippen molar-refractivity contribution < 1.29 is 21.6 Å². The highest BCUT2D eigenvalue weighted by atomic mass is 32.2. The number of halogens is 3. The molecule has 0 saturated carbocycles. The third kappa shape index (κ3) is 3.17. The predicted molar refractivity (Wildman–Crippen MR) is 64.1 cm³/mol. The van der Waals surface area contributed by atoms with Crippen molar-refractivity contribution in [2.45, 2.75) is 17.6 Å².